The van der Waals surface area contributed by atoms with Crippen LogP contribution in [0.5, 0.6) is 11.5 Å². The van der Waals surface area contributed by atoms with Crippen molar-refractivity contribution in [3.63, 3.8) is 0 Å². The van der Waals surface area contributed by atoms with Gasteiger partial charge in [0.05, 0.1) is 11.8 Å². The van der Waals surface area contributed by atoms with E-state index in [0.717, 1.165) is 73.0 Å². The number of nitrogens with zero attached hydrogens (tertiary/aromatic N) is 1. The second kappa shape index (κ2) is 6.66. The van der Waals surface area contributed by atoms with Crippen LogP contribution in [0.4, 0.5) is 0 Å². The van der Waals surface area contributed by atoms with Gasteiger partial charge in [0.2, 0.25) is 5.69 Å². The van der Waals surface area contributed by atoms with Gasteiger partial charge in [-0.3, -0.25) is 0 Å². The summed E-state index contributed by atoms with van der Waals surface area (Å²) in [6.07, 6.45) is 4.87. The Balaban J connectivity index is 1.64. The lowest BCUT2D eigenvalue weighted by molar-refractivity contribution is -0.659. The van der Waals surface area contributed by atoms with Gasteiger partial charge in [0.25, 0.3) is 0 Å². The summed E-state index contributed by atoms with van der Waals surface area (Å²) >= 11 is 0. The second-order valence-electron chi connectivity index (χ2n) is 11.2. The SMILES string of the molecule is Cc1c2c(c(C)c3occc13)Oc1cc3c(oc4cccc(CC(C)(C)C)c43)c3cc[n+](C)c-2c13. The molecule has 0 fully saturated rings. The zero-order valence-corrected chi connectivity index (χ0v) is 21.0. The third kappa shape index (κ3) is 2.71. The predicted octanol–water partition coefficient (Wildman–Crippen LogP) is 8.29. The number of furan rings is 2. The first-order chi connectivity index (χ1) is 16.7. The number of rotatable bonds is 1. The molecule has 0 aliphatic carbocycles. The number of pyridine rings is 1. The molecule has 0 saturated carbocycles. The largest absolute Gasteiger partial charge is 0.464 e. The molecular formula is C31H28NO3+. The van der Waals surface area contributed by atoms with Gasteiger partial charge in [0, 0.05) is 33.2 Å². The van der Waals surface area contributed by atoms with Crippen LogP contribution in [0.3, 0.4) is 0 Å². The molecule has 4 nitrogen and oxygen atoms in total. The Morgan fingerprint density at radius 2 is 1.71 bits per heavy atom. The molecule has 35 heavy (non-hydrogen) atoms. The van der Waals surface area contributed by atoms with E-state index in [1.165, 1.54) is 16.5 Å². The lowest BCUT2D eigenvalue weighted by Gasteiger charge is -2.23. The third-order valence-corrected chi connectivity index (χ3v) is 7.45. The number of aromatic nitrogens is 1. The van der Waals surface area contributed by atoms with Crippen LogP contribution in [-0.2, 0) is 13.5 Å². The van der Waals surface area contributed by atoms with Crippen molar-refractivity contribution in [2.45, 2.75) is 41.0 Å². The lowest BCUT2D eigenvalue weighted by atomic mass is 9.86. The van der Waals surface area contributed by atoms with Crippen LogP contribution < -0.4 is 9.30 Å². The van der Waals surface area contributed by atoms with Crippen molar-refractivity contribution in [1.29, 1.82) is 0 Å². The number of aryl methyl sites for hydroxylation is 3. The number of hydrogen-bond acceptors (Lipinski definition) is 3. The molecule has 0 bridgehead atoms. The smallest absolute Gasteiger partial charge is 0.228 e. The molecule has 0 radical (unpaired) electrons. The summed E-state index contributed by atoms with van der Waals surface area (Å²) < 4.78 is 21.4. The van der Waals surface area contributed by atoms with Crippen molar-refractivity contribution in [2.24, 2.45) is 12.5 Å². The highest BCUT2D eigenvalue weighted by atomic mass is 16.5. The predicted molar refractivity (Wildman–Crippen MR) is 140 cm³/mol. The number of hydrogen-bond donors (Lipinski definition) is 0. The van der Waals surface area contributed by atoms with Crippen molar-refractivity contribution >= 4 is 43.7 Å². The van der Waals surface area contributed by atoms with Crippen LogP contribution >= 0.6 is 0 Å². The Labute approximate surface area is 203 Å². The molecule has 0 N–H and O–H groups in total. The van der Waals surface area contributed by atoms with Crippen molar-refractivity contribution in [2.75, 3.05) is 0 Å². The Bertz CT molecular complexity index is 1860. The summed E-state index contributed by atoms with van der Waals surface area (Å²) in [5.74, 6) is 1.75. The molecular weight excluding hydrogens is 434 g/mol. The van der Waals surface area contributed by atoms with Gasteiger partial charge in [-0.15, -0.1) is 0 Å². The monoisotopic (exact) mass is 462 g/mol. The maximum absolute atomic E-state index is 6.75. The fourth-order valence-electron chi connectivity index (χ4n) is 5.99. The van der Waals surface area contributed by atoms with E-state index in [9.17, 15) is 0 Å². The van der Waals surface area contributed by atoms with Gasteiger partial charge in [0.15, 0.2) is 6.20 Å². The summed E-state index contributed by atoms with van der Waals surface area (Å²) in [5.41, 5.74) is 8.69. The van der Waals surface area contributed by atoms with Crippen LogP contribution in [0, 0.1) is 19.3 Å². The molecule has 4 heteroatoms. The summed E-state index contributed by atoms with van der Waals surface area (Å²) in [5, 5.41) is 5.60. The van der Waals surface area contributed by atoms with E-state index >= 15 is 0 Å². The normalized spacial score (nSPS) is 13.2. The van der Waals surface area contributed by atoms with E-state index in [2.05, 4.69) is 82.8 Å². The standard InChI is InChI=1S/C31H28NO3/c1-16-19-11-13-33-28(19)17(2)29-24(16)27-26-20(10-12-32(27)6)30-21(14-23(26)35-29)25-18(15-31(3,4)5)8-7-9-22(25)34-30/h7-14H,15H2,1-6H3/q+1. The van der Waals surface area contributed by atoms with Gasteiger partial charge in [-0.25, -0.2) is 4.57 Å². The molecule has 174 valence electrons. The Hall–Kier alpha value is -3.79. The first-order valence-corrected chi connectivity index (χ1v) is 12.2. The first-order valence-electron chi connectivity index (χ1n) is 12.2. The first kappa shape index (κ1) is 20.6. The molecule has 0 atom stereocenters. The zero-order valence-electron chi connectivity index (χ0n) is 21.0. The van der Waals surface area contributed by atoms with E-state index in [0.29, 0.717) is 0 Å². The summed E-state index contributed by atoms with van der Waals surface area (Å²) in [6.45, 7) is 11.1. The molecule has 1 aliphatic heterocycles. The van der Waals surface area contributed by atoms with E-state index in [1.807, 2.05) is 6.07 Å². The summed E-state index contributed by atoms with van der Waals surface area (Å²) in [4.78, 5) is 0. The maximum atomic E-state index is 6.75. The molecule has 3 aromatic carbocycles. The third-order valence-electron chi connectivity index (χ3n) is 7.45. The van der Waals surface area contributed by atoms with E-state index < -0.39 is 0 Å². The molecule has 7 rings (SSSR count). The minimum atomic E-state index is 0.169. The van der Waals surface area contributed by atoms with Gasteiger partial charge < -0.3 is 13.6 Å². The average molecular weight is 463 g/mol. The van der Waals surface area contributed by atoms with E-state index in [4.69, 9.17) is 13.6 Å². The molecule has 0 amide bonds. The molecule has 6 aromatic rings. The quantitative estimate of drug-likeness (QED) is 0.230. The van der Waals surface area contributed by atoms with Gasteiger partial charge in [-0.1, -0.05) is 32.9 Å². The number of benzene rings is 3. The molecule has 1 aliphatic rings. The number of fused-ring (bicyclic) bond motifs is 7. The highest BCUT2D eigenvalue weighted by molar-refractivity contribution is 6.20. The maximum Gasteiger partial charge on any atom is 0.228 e. The van der Waals surface area contributed by atoms with Crippen molar-refractivity contribution < 1.29 is 18.1 Å². The van der Waals surface area contributed by atoms with Crippen LogP contribution in [0.2, 0.25) is 0 Å². The summed E-state index contributed by atoms with van der Waals surface area (Å²) in [7, 11) is 2.10. The lowest BCUT2D eigenvalue weighted by Crippen LogP contribution is -2.32. The second-order valence-corrected chi connectivity index (χ2v) is 11.2. The van der Waals surface area contributed by atoms with Crippen molar-refractivity contribution in [1.82, 2.24) is 0 Å². The minimum absolute atomic E-state index is 0.169. The Morgan fingerprint density at radius 1 is 0.886 bits per heavy atom. The highest BCUT2D eigenvalue weighted by Gasteiger charge is 2.34. The van der Waals surface area contributed by atoms with Crippen molar-refractivity contribution in [3.05, 3.63) is 65.5 Å². The zero-order chi connectivity index (χ0) is 24.2. The van der Waals surface area contributed by atoms with Crippen LogP contribution in [0.15, 0.2) is 57.7 Å². The molecule has 3 aromatic heterocycles. The van der Waals surface area contributed by atoms with Gasteiger partial charge >= 0.3 is 0 Å². The van der Waals surface area contributed by atoms with Gasteiger partial charge in [-0.2, -0.15) is 0 Å². The molecule has 0 unspecified atom stereocenters. The minimum Gasteiger partial charge on any atom is -0.464 e. The van der Waals surface area contributed by atoms with Gasteiger partial charge in [0.1, 0.15) is 40.7 Å². The molecule has 0 spiro atoms. The highest BCUT2D eigenvalue weighted by Crippen LogP contribution is 2.52. The number of ether oxygens (including phenoxy) is 1. The average Bonchev–Trinajstić information content (AvgIpc) is 3.44. The van der Waals surface area contributed by atoms with E-state index in [1.54, 1.807) is 6.26 Å². The topological polar surface area (TPSA) is 39.4 Å². The van der Waals surface area contributed by atoms with E-state index in [-0.39, 0.29) is 5.41 Å². The van der Waals surface area contributed by atoms with Gasteiger partial charge in [-0.05, 0) is 55.0 Å². The van der Waals surface area contributed by atoms with Crippen LogP contribution in [-0.4, -0.2) is 0 Å². The Morgan fingerprint density at radius 3 is 2.51 bits per heavy atom. The summed E-state index contributed by atoms with van der Waals surface area (Å²) in [6, 6.07) is 12.8. The molecule has 4 heterocycles. The van der Waals surface area contributed by atoms with Crippen LogP contribution in [0.1, 0.15) is 37.5 Å². The molecule has 0 saturated heterocycles. The Kier molecular flexibility index (Phi) is 3.91. The van der Waals surface area contributed by atoms with Crippen molar-refractivity contribution in [3.8, 4) is 22.8 Å². The fraction of sp³-hybridized carbons (Fsp3) is 0.258. The fourth-order valence-corrected chi connectivity index (χ4v) is 5.99. The van der Waals surface area contributed by atoms with Crippen LogP contribution in [0.25, 0.3) is 54.9 Å².